The molecule has 2 aliphatic heterocycles. The van der Waals surface area contributed by atoms with E-state index in [-0.39, 0.29) is 12.1 Å². The molecule has 3 aliphatic rings. The van der Waals surface area contributed by atoms with Gasteiger partial charge in [0.1, 0.15) is 11.9 Å². The lowest BCUT2D eigenvalue weighted by atomic mass is 9.77. The first-order valence-electron chi connectivity index (χ1n) is 11.9. The van der Waals surface area contributed by atoms with E-state index in [2.05, 4.69) is 50.6 Å². The van der Waals surface area contributed by atoms with Gasteiger partial charge >= 0.3 is 0 Å². The van der Waals surface area contributed by atoms with Crippen LogP contribution in [0.4, 0.5) is 0 Å². The summed E-state index contributed by atoms with van der Waals surface area (Å²) < 4.78 is 14.6. The normalized spacial score (nSPS) is 29.3. The van der Waals surface area contributed by atoms with Crippen LogP contribution in [0, 0.1) is 18.8 Å². The summed E-state index contributed by atoms with van der Waals surface area (Å²) in [5.74, 6) is 3.01. The largest absolute Gasteiger partial charge is 0.471 e. The maximum Gasteiger partial charge on any atom is 0.232 e. The molecule has 1 aromatic carbocycles. The van der Waals surface area contributed by atoms with Crippen molar-refractivity contribution in [2.45, 2.75) is 50.8 Å². The molecule has 0 unspecified atom stereocenters. The highest BCUT2D eigenvalue weighted by molar-refractivity contribution is 5.76. The third-order valence-corrected chi connectivity index (χ3v) is 7.74. The summed E-state index contributed by atoms with van der Waals surface area (Å²) in [6, 6.07) is 9.36. The van der Waals surface area contributed by atoms with Crippen molar-refractivity contribution in [2.75, 3.05) is 26.3 Å². The molecule has 3 fully saturated rings. The lowest BCUT2D eigenvalue weighted by Crippen LogP contribution is -2.40. The number of imidazole rings is 1. The Balaban J connectivity index is 1.32. The SMILES string of the molecule is Cc1nc2ccccc2n1[C@H]1C[C@H]2CN(C3CCOCC3)C[C@H]2C[C@@H]1Oc1cnccn1. The monoisotopic (exact) mass is 433 g/mol. The summed E-state index contributed by atoms with van der Waals surface area (Å²) in [6.45, 7) is 6.28. The van der Waals surface area contributed by atoms with Crippen molar-refractivity contribution < 1.29 is 9.47 Å². The Morgan fingerprint density at radius 3 is 2.66 bits per heavy atom. The van der Waals surface area contributed by atoms with Gasteiger partial charge in [-0.25, -0.2) is 9.97 Å². The molecule has 4 heterocycles. The maximum absolute atomic E-state index is 6.52. The van der Waals surface area contributed by atoms with Crippen molar-refractivity contribution in [3.63, 3.8) is 0 Å². The summed E-state index contributed by atoms with van der Waals surface area (Å²) in [5.41, 5.74) is 2.25. The molecular formula is C25H31N5O2. The van der Waals surface area contributed by atoms with Crippen LogP contribution in [-0.2, 0) is 4.74 Å². The third kappa shape index (κ3) is 3.67. The first-order chi connectivity index (χ1) is 15.8. The fourth-order valence-corrected chi connectivity index (χ4v) is 6.26. The minimum atomic E-state index is 0.0545. The van der Waals surface area contributed by atoms with Gasteiger partial charge in [0, 0.05) is 44.7 Å². The van der Waals surface area contributed by atoms with Crippen LogP contribution in [0.2, 0.25) is 0 Å². The molecule has 6 rings (SSSR count). The van der Waals surface area contributed by atoms with E-state index in [4.69, 9.17) is 14.5 Å². The zero-order valence-electron chi connectivity index (χ0n) is 18.6. The number of para-hydroxylation sites is 2. The second-order valence-corrected chi connectivity index (χ2v) is 9.57. The molecule has 1 saturated carbocycles. The number of hydrogen-bond acceptors (Lipinski definition) is 6. The first-order valence-corrected chi connectivity index (χ1v) is 11.9. The second kappa shape index (κ2) is 8.45. The molecule has 7 nitrogen and oxygen atoms in total. The molecule has 0 spiro atoms. The number of nitrogens with zero attached hydrogens (tertiary/aromatic N) is 5. The fourth-order valence-electron chi connectivity index (χ4n) is 6.26. The molecule has 2 saturated heterocycles. The van der Waals surface area contributed by atoms with E-state index in [1.54, 1.807) is 18.6 Å². The van der Waals surface area contributed by atoms with Gasteiger partial charge in [-0.2, -0.15) is 0 Å². The van der Waals surface area contributed by atoms with Gasteiger partial charge in [-0.3, -0.25) is 9.88 Å². The zero-order chi connectivity index (χ0) is 21.5. The van der Waals surface area contributed by atoms with E-state index in [9.17, 15) is 0 Å². The standard InChI is InChI=1S/C25H31N5O2/c1-17-28-21-4-2-3-5-22(21)30(17)23-12-18-15-29(20-6-10-31-11-7-20)16-19(18)13-24(23)32-25-14-26-8-9-27-25/h2-5,8-9,14,18-20,23-24H,6-7,10-13,15-16H2,1H3/t18-,19+,23-,24-/m0/s1. The van der Waals surface area contributed by atoms with Crippen LogP contribution >= 0.6 is 0 Å². The van der Waals surface area contributed by atoms with Gasteiger partial charge in [0.05, 0.1) is 23.3 Å². The fraction of sp³-hybridized carbons (Fsp3) is 0.560. The maximum atomic E-state index is 6.52. The van der Waals surface area contributed by atoms with Crippen molar-refractivity contribution in [3.05, 3.63) is 48.7 Å². The van der Waals surface area contributed by atoms with Gasteiger partial charge in [0.15, 0.2) is 0 Å². The van der Waals surface area contributed by atoms with Crippen molar-refractivity contribution in [2.24, 2.45) is 11.8 Å². The molecule has 168 valence electrons. The Bertz CT molecular complexity index is 1060. The molecule has 0 bridgehead atoms. The van der Waals surface area contributed by atoms with E-state index in [1.165, 1.54) is 18.6 Å². The van der Waals surface area contributed by atoms with Crippen LogP contribution < -0.4 is 4.74 Å². The van der Waals surface area contributed by atoms with Gasteiger partial charge in [-0.15, -0.1) is 0 Å². The molecule has 0 amide bonds. The predicted molar refractivity (Wildman–Crippen MR) is 122 cm³/mol. The molecule has 4 atom stereocenters. The van der Waals surface area contributed by atoms with Crippen LogP contribution in [0.15, 0.2) is 42.9 Å². The van der Waals surface area contributed by atoms with Crippen LogP contribution in [0.3, 0.4) is 0 Å². The minimum absolute atomic E-state index is 0.0545. The third-order valence-electron chi connectivity index (χ3n) is 7.74. The van der Waals surface area contributed by atoms with E-state index in [1.807, 2.05) is 0 Å². The molecule has 32 heavy (non-hydrogen) atoms. The zero-order valence-corrected chi connectivity index (χ0v) is 18.6. The number of likely N-dealkylation sites (tertiary alicyclic amines) is 1. The molecule has 3 aromatic rings. The summed E-state index contributed by atoms with van der Waals surface area (Å²) in [7, 11) is 0. The molecule has 0 N–H and O–H groups in total. The summed E-state index contributed by atoms with van der Waals surface area (Å²) in [5, 5.41) is 0. The van der Waals surface area contributed by atoms with Gasteiger partial charge < -0.3 is 14.0 Å². The van der Waals surface area contributed by atoms with Gasteiger partial charge in [0.25, 0.3) is 0 Å². The van der Waals surface area contributed by atoms with Crippen molar-refractivity contribution in [1.82, 2.24) is 24.4 Å². The highest BCUT2D eigenvalue weighted by atomic mass is 16.5. The lowest BCUT2D eigenvalue weighted by molar-refractivity contribution is 0.0401. The van der Waals surface area contributed by atoms with Gasteiger partial charge in [-0.1, -0.05) is 12.1 Å². The number of hydrogen-bond donors (Lipinski definition) is 0. The Hall–Kier alpha value is -2.51. The molecule has 1 aliphatic carbocycles. The minimum Gasteiger partial charge on any atom is -0.471 e. The average molecular weight is 434 g/mol. The number of aryl methyl sites for hydroxylation is 1. The van der Waals surface area contributed by atoms with E-state index >= 15 is 0 Å². The molecule has 0 radical (unpaired) electrons. The van der Waals surface area contributed by atoms with Crippen LogP contribution in [-0.4, -0.2) is 62.9 Å². The van der Waals surface area contributed by atoms with E-state index in [0.717, 1.165) is 50.2 Å². The Kier molecular flexibility index (Phi) is 5.31. The molecule has 2 aromatic heterocycles. The number of rotatable bonds is 4. The lowest BCUT2D eigenvalue weighted by Gasteiger charge is -2.39. The van der Waals surface area contributed by atoms with Crippen LogP contribution in [0.25, 0.3) is 11.0 Å². The van der Waals surface area contributed by atoms with Crippen LogP contribution in [0.1, 0.15) is 37.5 Å². The van der Waals surface area contributed by atoms with E-state index < -0.39 is 0 Å². The molecule has 7 heteroatoms. The number of ether oxygens (including phenoxy) is 2. The first kappa shape index (κ1) is 20.1. The summed E-state index contributed by atoms with van der Waals surface area (Å²) >= 11 is 0. The Morgan fingerprint density at radius 2 is 1.84 bits per heavy atom. The van der Waals surface area contributed by atoms with E-state index in [0.29, 0.717) is 23.8 Å². The van der Waals surface area contributed by atoms with Crippen molar-refractivity contribution in [3.8, 4) is 5.88 Å². The Labute approximate surface area is 188 Å². The number of benzene rings is 1. The average Bonchev–Trinajstić information content (AvgIpc) is 3.39. The van der Waals surface area contributed by atoms with Crippen molar-refractivity contribution in [1.29, 1.82) is 0 Å². The Morgan fingerprint density at radius 1 is 1.03 bits per heavy atom. The topological polar surface area (TPSA) is 65.3 Å². The number of fused-ring (bicyclic) bond motifs is 2. The molecular weight excluding hydrogens is 402 g/mol. The van der Waals surface area contributed by atoms with Crippen molar-refractivity contribution >= 4 is 11.0 Å². The quantitative estimate of drug-likeness (QED) is 0.626. The predicted octanol–water partition coefficient (Wildman–Crippen LogP) is 3.64. The second-order valence-electron chi connectivity index (χ2n) is 9.57. The number of aromatic nitrogens is 4. The highest BCUT2D eigenvalue weighted by Gasteiger charge is 2.46. The summed E-state index contributed by atoms with van der Waals surface area (Å²) in [4.78, 5) is 16.2. The van der Waals surface area contributed by atoms with Gasteiger partial charge in [-0.05, 0) is 56.6 Å². The van der Waals surface area contributed by atoms with Crippen LogP contribution in [0.5, 0.6) is 5.88 Å². The smallest absolute Gasteiger partial charge is 0.232 e. The van der Waals surface area contributed by atoms with Gasteiger partial charge in [0.2, 0.25) is 5.88 Å². The summed E-state index contributed by atoms with van der Waals surface area (Å²) in [6.07, 6.45) is 9.65. The highest BCUT2D eigenvalue weighted by Crippen LogP contribution is 2.45.